The molecule has 2 rings (SSSR count). The smallest absolute Gasteiger partial charge is 0.348 e. The van der Waals surface area contributed by atoms with Crippen LogP contribution in [-0.2, 0) is 4.74 Å². The molecule has 0 saturated carbocycles. The molecule has 0 radical (unpaired) electrons. The molecule has 0 bridgehead atoms. The van der Waals surface area contributed by atoms with Gasteiger partial charge in [-0.2, -0.15) is 0 Å². The average Bonchev–Trinajstić information content (AvgIpc) is 2.71. The second-order valence-corrected chi connectivity index (χ2v) is 4.48. The first-order valence-electron chi connectivity index (χ1n) is 5.60. The molecule has 0 spiro atoms. The number of nitrogens with zero attached hydrogens (tertiary/aromatic N) is 3. The molecule has 1 aliphatic heterocycles. The van der Waals surface area contributed by atoms with Crippen molar-refractivity contribution < 1.29 is 9.66 Å². The van der Waals surface area contributed by atoms with E-state index < -0.39 is 4.92 Å². The summed E-state index contributed by atoms with van der Waals surface area (Å²) in [6, 6.07) is 0. The Hall–Kier alpha value is -1.47. The first-order chi connectivity index (χ1) is 8.59. The van der Waals surface area contributed by atoms with E-state index in [-0.39, 0.29) is 22.8 Å². The fourth-order valence-electron chi connectivity index (χ4n) is 1.92. The minimum atomic E-state index is -0.584. The van der Waals surface area contributed by atoms with Crippen LogP contribution in [0.2, 0.25) is 5.15 Å². The minimum absolute atomic E-state index is 0.147. The van der Waals surface area contributed by atoms with E-state index in [1.807, 2.05) is 6.92 Å². The molecule has 0 aromatic carbocycles. The van der Waals surface area contributed by atoms with Gasteiger partial charge in [-0.25, -0.2) is 9.97 Å². The van der Waals surface area contributed by atoms with Gasteiger partial charge < -0.3 is 10.1 Å². The van der Waals surface area contributed by atoms with Gasteiger partial charge in [-0.3, -0.25) is 10.1 Å². The van der Waals surface area contributed by atoms with Gasteiger partial charge in [0.1, 0.15) is 6.33 Å². The van der Waals surface area contributed by atoms with Crippen LogP contribution in [0.4, 0.5) is 11.5 Å². The van der Waals surface area contributed by atoms with Crippen molar-refractivity contribution in [2.45, 2.75) is 19.4 Å². The van der Waals surface area contributed by atoms with Crippen LogP contribution < -0.4 is 5.32 Å². The maximum Gasteiger partial charge on any atom is 0.348 e. The van der Waals surface area contributed by atoms with Crippen LogP contribution in [-0.4, -0.2) is 34.1 Å². The molecular weight excluding hydrogens is 260 g/mol. The summed E-state index contributed by atoms with van der Waals surface area (Å²) in [5, 5.41) is 13.7. The van der Waals surface area contributed by atoms with Crippen molar-refractivity contribution in [3.8, 4) is 0 Å². The number of anilines is 1. The minimum Gasteiger partial charge on any atom is -0.378 e. The number of aromatic nitrogens is 2. The van der Waals surface area contributed by atoms with Gasteiger partial charge in [-0.05, 0) is 13.3 Å². The molecule has 2 atom stereocenters. The second kappa shape index (κ2) is 5.45. The molecule has 0 amide bonds. The monoisotopic (exact) mass is 272 g/mol. The third-order valence-electron chi connectivity index (χ3n) is 3.03. The van der Waals surface area contributed by atoms with Crippen molar-refractivity contribution in [2.24, 2.45) is 5.92 Å². The van der Waals surface area contributed by atoms with E-state index in [0.717, 1.165) is 13.0 Å². The van der Waals surface area contributed by atoms with Crippen LogP contribution in [0.15, 0.2) is 6.33 Å². The lowest BCUT2D eigenvalue weighted by molar-refractivity contribution is -0.384. The normalized spacial score (nSPS) is 23.0. The standard InChI is InChI=1S/C10H13ClN4O3/c1-6-7(2-3-18-6)4-12-10-8(15(16)17)9(11)13-5-14-10/h5-7H,2-4H2,1H3,(H,12,13,14). The lowest BCUT2D eigenvalue weighted by atomic mass is 10.0. The highest BCUT2D eigenvalue weighted by Gasteiger charge is 2.26. The predicted molar refractivity (Wildman–Crippen MR) is 65.7 cm³/mol. The first kappa shape index (κ1) is 13.0. The summed E-state index contributed by atoms with van der Waals surface area (Å²) in [5.41, 5.74) is -0.286. The Bertz CT molecular complexity index is 457. The molecule has 98 valence electrons. The summed E-state index contributed by atoms with van der Waals surface area (Å²) in [4.78, 5) is 17.8. The summed E-state index contributed by atoms with van der Waals surface area (Å²) in [5.74, 6) is 0.470. The zero-order chi connectivity index (χ0) is 13.1. The van der Waals surface area contributed by atoms with Gasteiger partial charge in [0, 0.05) is 19.1 Å². The van der Waals surface area contributed by atoms with Crippen LogP contribution >= 0.6 is 11.6 Å². The van der Waals surface area contributed by atoms with Gasteiger partial charge in [-0.1, -0.05) is 11.6 Å². The van der Waals surface area contributed by atoms with E-state index in [0.29, 0.717) is 12.5 Å². The van der Waals surface area contributed by atoms with Crippen molar-refractivity contribution in [3.63, 3.8) is 0 Å². The van der Waals surface area contributed by atoms with Gasteiger partial charge in [0.25, 0.3) is 0 Å². The van der Waals surface area contributed by atoms with Gasteiger partial charge in [-0.15, -0.1) is 0 Å². The van der Waals surface area contributed by atoms with Crippen LogP contribution in [0.25, 0.3) is 0 Å². The van der Waals surface area contributed by atoms with Crippen LogP contribution in [0.5, 0.6) is 0 Å². The lowest BCUT2D eigenvalue weighted by Crippen LogP contribution is -2.21. The molecule has 18 heavy (non-hydrogen) atoms. The Morgan fingerprint density at radius 1 is 1.67 bits per heavy atom. The third-order valence-corrected chi connectivity index (χ3v) is 3.30. The van der Waals surface area contributed by atoms with Crippen molar-refractivity contribution in [1.29, 1.82) is 0 Å². The van der Waals surface area contributed by atoms with Gasteiger partial charge >= 0.3 is 5.69 Å². The molecule has 2 heterocycles. The largest absolute Gasteiger partial charge is 0.378 e. The number of hydrogen-bond acceptors (Lipinski definition) is 6. The first-order valence-corrected chi connectivity index (χ1v) is 5.97. The summed E-state index contributed by atoms with van der Waals surface area (Å²) in [7, 11) is 0. The topological polar surface area (TPSA) is 90.2 Å². The SMILES string of the molecule is CC1OCCC1CNc1ncnc(Cl)c1[N+](=O)[O-]. The van der Waals surface area contributed by atoms with Crippen molar-refractivity contribution in [2.75, 3.05) is 18.5 Å². The third kappa shape index (κ3) is 2.68. The molecule has 8 heteroatoms. The van der Waals surface area contributed by atoms with E-state index in [9.17, 15) is 10.1 Å². The molecule has 1 aromatic rings. The van der Waals surface area contributed by atoms with Gasteiger partial charge in [0.2, 0.25) is 11.0 Å². The summed E-state index contributed by atoms with van der Waals surface area (Å²) in [6.45, 7) is 3.27. The van der Waals surface area contributed by atoms with Crippen molar-refractivity contribution >= 4 is 23.1 Å². The maximum atomic E-state index is 10.9. The van der Waals surface area contributed by atoms with E-state index >= 15 is 0 Å². The lowest BCUT2D eigenvalue weighted by Gasteiger charge is -2.14. The number of nitro groups is 1. The molecule has 0 aliphatic carbocycles. The fraction of sp³-hybridized carbons (Fsp3) is 0.600. The number of nitrogens with one attached hydrogen (secondary N) is 1. The summed E-state index contributed by atoms with van der Waals surface area (Å²) < 4.78 is 5.42. The molecule has 1 N–H and O–H groups in total. The Balaban J connectivity index is 2.09. The molecule has 7 nitrogen and oxygen atoms in total. The molecule has 1 aliphatic rings. The Kier molecular flexibility index (Phi) is 3.93. The molecule has 1 saturated heterocycles. The van der Waals surface area contributed by atoms with Crippen LogP contribution in [0.3, 0.4) is 0 Å². The van der Waals surface area contributed by atoms with Gasteiger partial charge in [0.05, 0.1) is 11.0 Å². The number of halogens is 1. The van der Waals surface area contributed by atoms with Crippen LogP contribution in [0, 0.1) is 16.0 Å². The van der Waals surface area contributed by atoms with E-state index in [1.165, 1.54) is 6.33 Å². The Morgan fingerprint density at radius 2 is 2.44 bits per heavy atom. The predicted octanol–water partition coefficient (Wildman–Crippen LogP) is 1.88. The number of hydrogen-bond donors (Lipinski definition) is 1. The maximum absolute atomic E-state index is 10.9. The quantitative estimate of drug-likeness (QED) is 0.511. The highest BCUT2D eigenvalue weighted by molar-refractivity contribution is 6.31. The Morgan fingerprint density at radius 3 is 3.06 bits per heavy atom. The van der Waals surface area contributed by atoms with Crippen molar-refractivity contribution in [3.05, 3.63) is 21.6 Å². The van der Waals surface area contributed by atoms with Gasteiger partial charge in [0.15, 0.2) is 0 Å². The molecular formula is C10H13ClN4O3. The van der Waals surface area contributed by atoms with Crippen LogP contribution in [0.1, 0.15) is 13.3 Å². The summed E-state index contributed by atoms with van der Waals surface area (Å²) in [6.07, 6.45) is 2.28. The highest BCUT2D eigenvalue weighted by Crippen LogP contribution is 2.29. The van der Waals surface area contributed by atoms with E-state index in [1.54, 1.807) is 0 Å². The number of ether oxygens (including phenoxy) is 1. The fourth-order valence-corrected chi connectivity index (χ4v) is 2.12. The number of rotatable bonds is 4. The molecule has 2 unspecified atom stereocenters. The van der Waals surface area contributed by atoms with E-state index in [2.05, 4.69) is 15.3 Å². The Labute approximate surface area is 109 Å². The average molecular weight is 273 g/mol. The van der Waals surface area contributed by atoms with E-state index in [4.69, 9.17) is 16.3 Å². The second-order valence-electron chi connectivity index (χ2n) is 4.12. The highest BCUT2D eigenvalue weighted by atomic mass is 35.5. The summed E-state index contributed by atoms with van der Waals surface area (Å²) >= 11 is 5.69. The zero-order valence-corrected chi connectivity index (χ0v) is 10.6. The van der Waals surface area contributed by atoms with Crippen molar-refractivity contribution in [1.82, 2.24) is 9.97 Å². The molecule has 1 fully saturated rings. The zero-order valence-electron chi connectivity index (χ0n) is 9.80. The molecule has 1 aromatic heterocycles.